The first-order valence-corrected chi connectivity index (χ1v) is 12.7. The van der Waals surface area contributed by atoms with Crippen LogP contribution in [0.4, 0.5) is 0 Å². The smallest absolute Gasteiger partial charge is 0.251 e. The molecule has 3 heterocycles. The van der Waals surface area contributed by atoms with E-state index in [0.717, 1.165) is 43.7 Å². The number of hydrogen-bond acceptors (Lipinski definition) is 4. The van der Waals surface area contributed by atoms with Crippen molar-refractivity contribution in [2.45, 2.75) is 25.8 Å². The van der Waals surface area contributed by atoms with Gasteiger partial charge in [0.15, 0.2) is 0 Å². The minimum Gasteiger partial charge on any atom is -0.351 e. The molecular formula is C27H30N4OS. The third kappa shape index (κ3) is 5.34. The van der Waals surface area contributed by atoms with Gasteiger partial charge in [-0.1, -0.05) is 36.4 Å². The van der Waals surface area contributed by atoms with Crippen LogP contribution >= 0.6 is 11.3 Å². The van der Waals surface area contributed by atoms with Crippen molar-refractivity contribution in [3.63, 3.8) is 0 Å². The molecule has 6 heteroatoms. The number of aromatic nitrogens is 2. The lowest BCUT2D eigenvalue weighted by atomic mass is 9.93. The molecule has 5 nitrogen and oxygen atoms in total. The van der Waals surface area contributed by atoms with E-state index in [9.17, 15) is 4.79 Å². The highest BCUT2D eigenvalue weighted by atomic mass is 32.1. The number of nitrogens with one attached hydrogen (secondary N) is 1. The van der Waals surface area contributed by atoms with E-state index >= 15 is 0 Å². The number of carbonyl (C=O) groups excluding carboxylic acids is 1. The van der Waals surface area contributed by atoms with E-state index in [0.29, 0.717) is 12.5 Å². The van der Waals surface area contributed by atoms with Gasteiger partial charge in [-0.05, 0) is 67.6 Å². The van der Waals surface area contributed by atoms with Crippen LogP contribution in [0.1, 0.15) is 33.9 Å². The van der Waals surface area contributed by atoms with Crippen molar-refractivity contribution in [2.24, 2.45) is 5.92 Å². The van der Waals surface area contributed by atoms with Gasteiger partial charge in [0.05, 0.1) is 17.6 Å². The van der Waals surface area contributed by atoms with Gasteiger partial charge >= 0.3 is 0 Å². The van der Waals surface area contributed by atoms with E-state index in [1.165, 1.54) is 29.1 Å². The predicted molar refractivity (Wildman–Crippen MR) is 135 cm³/mol. The number of hydrogen-bond donors (Lipinski definition) is 1. The van der Waals surface area contributed by atoms with E-state index in [1.807, 2.05) is 41.7 Å². The summed E-state index contributed by atoms with van der Waals surface area (Å²) in [5, 5.41) is 5.19. The fourth-order valence-corrected chi connectivity index (χ4v) is 5.40. The lowest BCUT2D eigenvalue weighted by Crippen LogP contribution is -2.40. The van der Waals surface area contributed by atoms with E-state index < -0.39 is 0 Å². The second-order valence-corrected chi connectivity index (χ2v) is 9.83. The highest BCUT2D eigenvalue weighted by Crippen LogP contribution is 2.25. The molecule has 2 aromatic carbocycles. The Morgan fingerprint density at radius 1 is 1.00 bits per heavy atom. The lowest BCUT2D eigenvalue weighted by Gasteiger charge is -2.32. The molecule has 0 aliphatic carbocycles. The number of nitrogens with zero attached hydrogens (tertiary/aromatic N) is 3. The number of imidazole rings is 1. The van der Waals surface area contributed by atoms with E-state index in [1.54, 1.807) is 0 Å². The van der Waals surface area contributed by atoms with Crippen molar-refractivity contribution in [3.8, 4) is 0 Å². The molecule has 2 aromatic heterocycles. The number of rotatable bonds is 8. The van der Waals surface area contributed by atoms with Crippen LogP contribution in [-0.4, -0.2) is 46.5 Å². The second kappa shape index (κ2) is 10.3. The van der Waals surface area contributed by atoms with Gasteiger partial charge in [0.1, 0.15) is 5.82 Å². The van der Waals surface area contributed by atoms with Crippen molar-refractivity contribution in [2.75, 3.05) is 26.2 Å². The molecule has 0 saturated carbocycles. The van der Waals surface area contributed by atoms with Crippen molar-refractivity contribution in [3.05, 3.63) is 88.4 Å². The maximum atomic E-state index is 12.2. The molecule has 0 atom stereocenters. The van der Waals surface area contributed by atoms with Crippen LogP contribution < -0.4 is 5.32 Å². The first kappa shape index (κ1) is 21.9. The zero-order valence-corrected chi connectivity index (χ0v) is 19.6. The minimum atomic E-state index is 0.00938. The zero-order valence-electron chi connectivity index (χ0n) is 18.8. The fraction of sp³-hybridized carbons (Fsp3) is 0.333. The minimum absolute atomic E-state index is 0.00938. The van der Waals surface area contributed by atoms with E-state index in [2.05, 4.69) is 56.6 Å². The number of carbonyl (C=O) groups is 1. The Labute approximate surface area is 199 Å². The normalized spacial score (nSPS) is 15.2. The summed E-state index contributed by atoms with van der Waals surface area (Å²) in [5.74, 6) is 1.87. The van der Waals surface area contributed by atoms with E-state index in [4.69, 9.17) is 4.98 Å². The SMILES string of the molecule is O=C(NCCN1CCC(Cc2nc3ccccc3n2Cc2cccs2)CC1)c1ccccc1. The van der Waals surface area contributed by atoms with Gasteiger partial charge in [-0.3, -0.25) is 4.79 Å². The number of likely N-dealkylation sites (tertiary alicyclic amines) is 1. The maximum Gasteiger partial charge on any atom is 0.251 e. The van der Waals surface area contributed by atoms with Crippen molar-refractivity contribution < 1.29 is 4.79 Å². The van der Waals surface area contributed by atoms with Crippen LogP contribution in [0, 0.1) is 5.92 Å². The predicted octanol–water partition coefficient (Wildman–Crippen LogP) is 4.83. The molecule has 1 amide bonds. The highest BCUT2D eigenvalue weighted by Gasteiger charge is 2.22. The molecule has 1 aliphatic heterocycles. The largest absolute Gasteiger partial charge is 0.351 e. The molecule has 1 N–H and O–H groups in total. The summed E-state index contributed by atoms with van der Waals surface area (Å²) in [7, 11) is 0. The molecule has 0 spiro atoms. The summed E-state index contributed by atoms with van der Waals surface area (Å²) in [5.41, 5.74) is 3.05. The number of fused-ring (bicyclic) bond motifs is 1. The third-order valence-electron chi connectivity index (χ3n) is 6.56. The van der Waals surface area contributed by atoms with Gasteiger partial charge in [0.25, 0.3) is 5.91 Å². The van der Waals surface area contributed by atoms with Crippen LogP contribution in [0.25, 0.3) is 11.0 Å². The Morgan fingerprint density at radius 2 is 1.79 bits per heavy atom. The van der Waals surface area contributed by atoms with Crippen LogP contribution in [0.5, 0.6) is 0 Å². The summed E-state index contributed by atoms with van der Waals surface area (Å²) in [6.07, 6.45) is 3.38. The molecule has 0 bridgehead atoms. The van der Waals surface area contributed by atoms with Crippen LogP contribution in [0.2, 0.25) is 0 Å². The van der Waals surface area contributed by atoms with Gasteiger partial charge in [0, 0.05) is 30.0 Å². The standard InChI is InChI=1S/C27H30N4OS/c32-27(22-7-2-1-3-8-22)28-14-17-30-15-12-21(13-16-30)19-26-29-24-10-4-5-11-25(24)31(26)20-23-9-6-18-33-23/h1-11,18,21H,12-17,19-20H2,(H,28,32). The average molecular weight is 459 g/mol. The molecule has 1 fully saturated rings. The number of amides is 1. The highest BCUT2D eigenvalue weighted by molar-refractivity contribution is 7.09. The quantitative estimate of drug-likeness (QED) is 0.411. The number of para-hydroxylation sites is 2. The summed E-state index contributed by atoms with van der Waals surface area (Å²) in [6, 6.07) is 22.2. The molecule has 1 saturated heterocycles. The molecular weight excluding hydrogens is 428 g/mol. The Hall–Kier alpha value is -2.96. The Balaban J connectivity index is 1.15. The van der Waals surface area contributed by atoms with Crippen LogP contribution in [0.15, 0.2) is 72.1 Å². The van der Waals surface area contributed by atoms with Crippen LogP contribution in [0.3, 0.4) is 0 Å². The number of thiophene rings is 1. The summed E-state index contributed by atoms with van der Waals surface area (Å²) in [4.78, 5) is 21.1. The molecule has 5 rings (SSSR count). The molecule has 0 radical (unpaired) electrons. The average Bonchev–Trinajstić information content (AvgIpc) is 3.49. The van der Waals surface area contributed by atoms with Crippen molar-refractivity contribution in [1.82, 2.24) is 19.8 Å². The molecule has 170 valence electrons. The first-order valence-electron chi connectivity index (χ1n) is 11.8. The number of piperidine rings is 1. The topological polar surface area (TPSA) is 50.2 Å². The Kier molecular flexibility index (Phi) is 6.84. The van der Waals surface area contributed by atoms with E-state index in [-0.39, 0.29) is 5.91 Å². The van der Waals surface area contributed by atoms with Crippen molar-refractivity contribution in [1.29, 1.82) is 0 Å². The monoisotopic (exact) mass is 458 g/mol. The lowest BCUT2D eigenvalue weighted by molar-refractivity contribution is 0.0944. The Bertz CT molecular complexity index is 1180. The summed E-state index contributed by atoms with van der Waals surface area (Å²) < 4.78 is 2.41. The molecule has 33 heavy (non-hydrogen) atoms. The van der Waals surface area contributed by atoms with Crippen molar-refractivity contribution >= 4 is 28.3 Å². The number of benzene rings is 2. The van der Waals surface area contributed by atoms with Gasteiger partial charge in [-0.25, -0.2) is 4.98 Å². The van der Waals surface area contributed by atoms with Gasteiger partial charge in [-0.15, -0.1) is 11.3 Å². The third-order valence-corrected chi connectivity index (χ3v) is 7.42. The van der Waals surface area contributed by atoms with Gasteiger partial charge in [0.2, 0.25) is 0 Å². The van der Waals surface area contributed by atoms with Crippen LogP contribution in [-0.2, 0) is 13.0 Å². The summed E-state index contributed by atoms with van der Waals surface area (Å²) in [6.45, 7) is 4.65. The van der Waals surface area contributed by atoms with Gasteiger partial charge < -0.3 is 14.8 Å². The fourth-order valence-electron chi connectivity index (χ4n) is 4.71. The zero-order chi connectivity index (χ0) is 22.5. The molecule has 4 aromatic rings. The molecule has 1 aliphatic rings. The summed E-state index contributed by atoms with van der Waals surface area (Å²) >= 11 is 1.81. The second-order valence-electron chi connectivity index (χ2n) is 8.79. The van der Waals surface area contributed by atoms with Gasteiger partial charge in [-0.2, -0.15) is 0 Å². The Morgan fingerprint density at radius 3 is 2.58 bits per heavy atom. The maximum absolute atomic E-state index is 12.2. The first-order chi connectivity index (χ1) is 16.3. The molecule has 0 unspecified atom stereocenters.